The Balaban J connectivity index is 3.57. The monoisotopic (exact) mass is 126 g/mol. The normalized spacial score (nSPS) is 9.67. The van der Waals surface area contributed by atoms with E-state index in [4.69, 9.17) is 0 Å². The molecular formula is C7H14N2. The van der Waals surface area contributed by atoms with E-state index in [0.29, 0.717) is 0 Å². The van der Waals surface area contributed by atoms with Gasteiger partial charge in [-0.25, -0.2) is 0 Å². The molecule has 9 heavy (non-hydrogen) atoms. The molecule has 0 saturated carbocycles. The Bertz CT molecular complexity index is 114. The largest absolute Gasteiger partial charge is 0.389 e. The molecule has 0 heterocycles. The average molecular weight is 126 g/mol. The summed E-state index contributed by atoms with van der Waals surface area (Å²) in [5, 5.41) is 2.91. The Labute approximate surface area is 56.9 Å². The first-order valence-corrected chi connectivity index (χ1v) is 2.88. The van der Waals surface area contributed by atoms with Crippen molar-refractivity contribution in [3.05, 3.63) is 24.6 Å². The van der Waals surface area contributed by atoms with Crippen LogP contribution in [0.4, 0.5) is 0 Å². The Morgan fingerprint density at radius 1 is 1.56 bits per heavy atom. The Morgan fingerprint density at radius 3 is 2.44 bits per heavy atom. The number of nitrogens with zero attached hydrogens (tertiary/aromatic N) is 1. The second-order valence-electron chi connectivity index (χ2n) is 2.05. The first kappa shape index (κ1) is 8.08. The van der Waals surface area contributed by atoms with Crippen LogP contribution in [0.2, 0.25) is 0 Å². The molecule has 0 saturated heterocycles. The minimum absolute atomic E-state index is 0.920. The fourth-order valence-electron chi connectivity index (χ4n) is 0.322. The highest BCUT2D eigenvalue weighted by molar-refractivity contribution is 5.10. The van der Waals surface area contributed by atoms with Crippen molar-refractivity contribution in [2.45, 2.75) is 0 Å². The highest BCUT2D eigenvalue weighted by atomic mass is 15.0. The lowest BCUT2D eigenvalue weighted by molar-refractivity contribution is 0.563. The number of rotatable bonds is 3. The summed E-state index contributed by atoms with van der Waals surface area (Å²) >= 11 is 0. The molecular weight excluding hydrogens is 112 g/mol. The highest BCUT2D eigenvalue weighted by Gasteiger charge is 1.78. The number of hydrogen-bond donors (Lipinski definition) is 1. The number of nitrogens with one attached hydrogen (secondary N) is 1. The van der Waals surface area contributed by atoms with Gasteiger partial charge in [0, 0.05) is 33.0 Å². The van der Waals surface area contributed by atoms with E-state index in [0.717, 1.165) is 5.70 Å². The molecule has 0 aromatic rings. The van der Waals surface area contributed by atoms with Crippen molar-refractivity contribution in [3.63, 3.8) is 0 Å². The molecule has 1 N–H and O–H groups in total. The summed E-state index contributed by atoms with van der Waals surface area (Å²) < 4.78 is 0. The van der Waals surface area contributed by atoms with Gasteiger partial charge in [-0.05, 0) is 6.08 Å². The fourth-order valence-corrected chi connectivity index (χ4v) is 0.322. The van der Waals surface area contributed by atoms with E-state index < -0.39 is 0 Å². The summed E-state index contributed by atoms with van der Waals surface area (Å²) in [5.41, 5.74) is 0.920. The van der Waals surface area contributed by atoms with Crippen molar-refractivity contribution in [1.82, 2.24) is 10.2 Å². The Morgan fingerprint density at radius 2 is 2.11 bits per heavy atom. The predicted molar refractivity (Wildman–Crippen MR) is 41.0 cm³/mol. The molecule has 0 unspecified atom stereocenters. The number of allylic oxidation sites excluding steroid dienone is 1. The Kier molecular flexibility index (Phi) is 3.60. The second kappa shape index (κ2) is 4.01. The van der Waals surface area contributed by atoms with Gasteiger partial charge < -0.3 is 10.2 Å². The van der Waals surface area contributed by atoms with Gasteiger partial charge in [-0.3, -0.25) is 0 Å². The topological polar surface area (TPSA) is 15.3 Å². The summed E-state index contributed by atoms with van der Waals surface area (Å²) in [4.78, 5) is 1.96. The first-order chi connectivity index (χ1) is 4.16. The average Bonchev–Trinajstić information content (AvgIpc) is 1.83. The van der Waals surface area contributed by atoms with Crippen LogP contribution in [-0.2, 0) is 0 Å². The molecule has 0 aromatic heterocycles. The van der Waals surface area contributed by atoms with E-state index in [1.807, 2.05) is 38.3 Å². The molecule has 0 aromatic carbocycles. The van der Waals surface area contributed by atoms with E-state index in [2.05, 4.69) is 11.9 Å². The minimum atomic E-state index is 0.920. The van der Waals surface area contributed by atoms with Crippen LogP contribution in [0.25, 0.3) is 0 Å². The predicted octanol–water partition coefficient (Wildman–Crippen LogP) is 0.795. The molecule has 0 amide bonds. The van der Waals surface area contributed by atoms with Crippen LogP contribution in [0, 0.1) is 0 Å². The molecule has 0 rings (SSSR count). The molecule has 0 atom stereocenters. The second-order valence-corrected chi connectivity index (χ2v) is 2.05. The summed E-state index contributed by atoms with van der Waals surface area (Å²) in [6.45, 7) is 3.72. The van der Waals surface area contributed by atoms with Crippen LogP contribution < -0.4 is 5.32 Å². The molecule has 0 fully saturated rings. The van der Waals surface area contributed by atoms with E-state index in [-0.39, 0.29) is 0 Å². The van der Waals surface area contributed by atoms with E-state index >= 15 is 0 Å². The zero-order chi connectivity index (χ0) is 7.28. The molecule has 0 aliphatic rings. The zero-order valence-corrected chi connectivity index (χ0v) is 6.31. The van der Waals surface area contributed by atoms with Crippen molar-refractivity contribution < 1.29 is 0 Å². The van der Waals surface area contributed by atoms with Crippen LogP contribution in [0.5, 0.6) is 0 Å². The highest BCUT2D eigenvalue weighted by Crippen LogP contribution is 1.85. The third-order valence-electron chi connectivity index (χ3n) is 0.895. The molecule has 2 nitrogen and oxygen atoms in total. The van der Waals surface area contributed by atoms with Gasteiger partial charge in [0.15, 0.2) is 0 Å². The van der Waals surface area contributed by atoms with Crippen LogP contribution in [-0.4, -0.2) is 26.0 Å². The van der Waals surface area contributed by atoms with Gasteiger partial charge in [-0.1, -0.05) is 6.58 Å². The summed E-state index contributed by atoms with van der Waals surface area (Å²) in [5.74, 6) is 0. The first-order valence-electron chi connectivity index (χ1n) is 2.88. The molecule has 52 valence electrons. The Hall–Kier alpha value is -0.920. The van der Waals surface area contributed by atoms with E-state index in [1.54, 1.807) is 0 Å². The van der Waals surface area contributed by atoms with Crippen molar-refractivity contribution in [2.75, 3.05) is 21.1 Å². The maximum absolute atomic E-state index is 3.72. The van der Waals surface area contributed by atoms with E-state index in [1.165, 1.54) is 0 Å². The summed E-state index contributed by atoms with van der Waals surface area (Å²) in [6, 6.07) is 0. The van der Waals surface area contributed by atoms with Crippen LogP contribution in [0.15, 0.2) is 24.6 Å². The van der Waals surface area contributed by atoms with Gasteiger partial charge in [0.2, 0.25) is 0 Å². The quantitative estimate of drug-likeness (QED) is 0.562. The van der Waals surface area contributed by atoms with Crippen LogP contribution in [0.3, 0.4) is 0 Å². The van der Waals surface area contributed by atoms with Gasteiger partial charge in [0.25, 0.3) is 0 Å². The van der Waals surface area contributed by atoms with Gasteiger partial charge in [0.05, 0.1) is 0 Å². The molecule has 0 radical (unpaired) electrons. The summed E-state index contributed by atoms with van der Waals surface area (Å²) in [7, 11) is 5.79. The SMILES string of the molecule is C=C(/C=C\N(C)C)NC. The van der Waals surface area contributed by atoms with E-state index in [9.17, 15) is 0 Å². The van der Waals surface area contributed by atoms with Gasteiger partial charge in [-0.15, -0.1) is 0 Å². The van der Waals surface area contributed by atoms with Crippen molar-refractivity contribution in [3.8, 4) is 0 Å². The molecule has 0 aliphatic heterocycles. The van der Waals surface area contributed by atoms with Crippen LogP contribution in [0.1, 0.15) is 0 Å². The maximum Gasteiger partial charge on any atom is 0.0279 e. The standard InChI is InChI=1S/C7H14N2/c1-7(8-2)5-6-9(3)4/h5-6,8H,1H2,2-4H3/b6-5-. The molecule has 0 aliphatic carbocycles. The van der Waals surface area contributed by atoms with Crippen molar-refractivity contribution in [2.24, 2.45) is 0 Å². The lowest BCUT2D eigenvalue weighted by Crippen LogP contribution is -2.04. The van der Waals surface area contributed by atoms with Crippen LogP contribution >= 0.6 is 0 Å². The molecule has 0 bridgehead atoms. The summed E-state index contributed by atoms with van der Waals surface area (Å²) in [6.07, 6.45) is 3.86. The third kappa shape index (κ3) is 4.94. The number of likely N-dealkylation sites (N-methyl/N-ethyl adjacent to an activating group) is 1. The minimum Gasteiger partial charge on any atom is -0.389 e. The zero-order valence-electron chi connectivity index (χ0n) is 6.31. The number of hydrogen-bond acceptors (Lipinski definition) is 2. The van der Waals surface area contributed by atoms with Gasteiger partial charge >= 0.3 is 0 Å². The van der Waals surface area contributed by atoms with Gasteiger partial charge in [-0.2, -0.15) is 0 Å². The maximum atomic E-state index is 3.72. The lowest BCUT2D eigenvalue weighted by Gasteiger charge is -2.03. The smallest absolute Gasteiger partial charge is 0.0279 e. The third-order valence-corrected chi connectivity index (χ3v) is 0.895. The van der Waals surface area contributed by atoms with Crippen molar-refractivity contribution >= 4 is 0 Å². The lowest BCUT2D eigenvalue weighted by atomic mass is 10.5. The fraction of sp³-hybridized carbons (Fsp3) is 0.429. The molecule has 0 spiro atoms. The molecule has 2 heteroatoms. The van der Waals surface area contributed by atoms with Gasteiger partial charge in [0.1, 0.15) is 0 Å². The van der Waals surface area contributed by atoms with Crippen molar-refractivity contribution in [1.29, 1.82) is 0 Å².